The Labute approximate surface area is 169 Å². The number of benzene rings is 3. The van der Waals surface area contributed by atoms with E-state index in [-0.39, 0.29) is 10.9 Å². The maximum absolute atomic E-state index is 13.5. The van der Waals surface area contributed by atoms with Gasteiger partial charge in [0.2, 0.25) is 0 Å². The van der Waals surface area contributed by atoms with Crippen molar-refractivity contribution in [3.63, 3.8) is 0 Å². The molecule has 0 atom stereocenters. The lowest BCUT2D eigenvalue weighted by Gasteiger charge is -2.19. The summed E-state index contributed by atoms with van der Waals surface area (Å²) in [7, 11) is 0. The first-order chi connectivity index (χ1) is 13.1. The molecule has 0 saturated carbocycles. The number of hydrogen-bond acceptors (Lipinski definition) is 1. The molecule has 0 aliphatic carbocycles. The molecule has 0 fully saturated rings. The fourth-order valence-electron chi connectivity index (χ4n) is 2.98. The monoisotopic (exact) mass is 398 g/mol. The molecule has 2 nitrogen and oxygen atoms in total. The van der Waals surface area contributed by atoms with E-state index in [0.717, 1.165) is 6.42 Å². The second-order valence-corrected chi connectivity index (χ2v) is 6.99. The highest BCUT2D eigenvalue weighted by Crippen LogP contribution is 2.27. The number of rotatable bonds is 6. The zero-order chi connectivity index (χ0) is 19.1. The molecule has 0 spiro atoms. The van der Waals surface area contributed by atoms with Gasteiger partial charge in [0.15, 0.2) is 5.11 Å². The normalized spacial score (nSPS) is 10.6. The van der Waals surface area contributed by atoms with Crippen LogP contribution in [0, 0.1) is 5.82 Å². The maximum atomic E-state index is 13.5. The Balaban J connectivity index is 1.60. The van der Waals surface area contributed by atoms with Crippen molar-refractivity contribution in [2.24, 2.45) is 0 Å². The first kappa shape index (κ1) is 19.3. The summed E-state index contributed by atoms with van der Waals surface area (Å²) >= 11 is 11.0. The predicted molar refractivity (Wildman–Crippen MR) is 115 cm³/mol. The highest BCUT2D eigenvalue weighted by Gasteiger charge is 2.13. The van der Waals surface area contributed by atoms with Crippen LogP contribution in [0.5, 0.6) is 0 Å². The lowest BCUT2D eigenvalue weighted by Crippen LogP contribution is -2.30. The molecular weight excluding hydrogens is 379 g/mol. The van der Waals surface area contributed by atoms with E-state index < -0.39 is 5.82 Å². The third-order valence-corrected chi connectivity index (χ3v) is 4.85. The topological polar surface area (TPSA) is 24.1 Å². The largest absolute Gasteiger partial charge is 0.362 e. The van der Waals surface area contributed by atoms with Crippen LogP contribution in [0.15, 0.2) is 78.9 Å². The molecule has 0 aliphatic rings. The minimum absolute atomic E-state index is 0.0907. The summed E-state index contributed by atoms with van der Waals surface area (Å²) in [5.41, 5.74) is 3.10. The van der Waals surface area contributed by atoms with Gasteiger partial charge in [-0.2, -0.15) is 0 Å². The van der Waals surface area contributed by atoms with Gasteiger partial charge in [-0.25, -0.2) is 4.39 Å². The summed E-state index contributed by atoms with van der Waals surface area (Å²) < 4.78 is 13.5. The van der Waals surface area contributed by atoms with Crippen LogP contribution in [0.25, 0.3) is 0 Å². The van der Waals surface area contributed by atoms with Crippen molar-refractivity contribution < 1.29 is 4.39 Å². The van der Waals surface area contributed by atoms with Crippen LogP contribution in [-0.2, 0) is 0 Å². The molecule has 0 aliphatic heterocycles. The number of thiocarbonyl (C=S) groups is 1. The van der Waals surface area contributed by atoms with Crippen molar-refractivity contribution in [2.45, 2.75) is 12.3 Å². The first-order valence-electron chi connectivity index (χ1n) is 8.73. The van der Waals surface area contributed by atoms with Crippen LogP contribution in [0.4, 0.5) is 10.1 Å². The molecule has 3 aromatic carbocycles. The average molecular weight is 399 g/mol. The van der Waals surface area contributed by atoms with Gasteiger partial charge in [0, 0.05) is 18.2 Å². The quantitative estimate of drug-likeness (QED) is 0.499. The first-order valence-corrected chi connectivity index (χ1v) is 9.52. The molecule has 3 aromatic rings. The van der Waals surface area contributed by atoms with Crippen LogP contribution in [0.3, 0.4) is 0 Å². The van der Waals surface area contributed by atoms with E-state index >= 15 is 0 Å². The van der Waals surface area contributed by atoms with Gasteiger partial charge in [-0.1, -0.05) is 72.3 Å². The molecule has 0 heterocycles. The Kier molecular flexibility index (Phi) is 6.80. The lowest BCUT2D eigenvalue weighted by molar-refractivity contribution is 0.629. The molecular formula is C22H20ClFN2S. The van der Waals surface area contributed by atoms with Crippen LogP contribution in [0.2, 0.25) is 5.02 Å². The summed E-state index contributed by atoms with van der Waals surface area (Å²) in [5, 5.41) is 6.73. The van der Waals surface area contributed by atoms with Gasteiger partial charge in [0.05, 0.1) is 5.02 Å². The minimum Gasteiger partial charge on any atom is -0.362 e. The number of halogens is 2. The van der Waals surface area contributed by atoms with E-state index in [2.05, 4.69) is 59.2 Å². The van der Waals surface area contributed by atoms with Crippen molar-refractivity contribution in [2.75, 3.05) is 11.9 Å². The van der Waals surface area contributed by atoms with Crippen molar-refractivity contribution in [1.29, 1.82) is 0 Å². The standard InChI is InChI=1S/C22H20ClFN2S/c23-20-12-11-18(15-21(20)24)26-22(27)25-14-13-19(16-7-3-1-4-8-16)17-9-5-2-6-10-17/h1-12,15,19H,13-14H2,(H2,25,26,27). The molecule has 0 amide bonds. The molecule has 0 bridgehead atoms. The third-order valence-electron chi connectivity index (χ3n) is 4.30. The SMILES string of the molecule is Fc1cc(NC(=S)NCCC(c2ccccc2)c2ccccc2)ccc1Cl. The minimum atomic E-state index is -0.474. The predicted octanol–water partition coefficient (Wildman–Crippen LogP) is 5.99. The molecule has 3 rings (SSSR count). The van der Waals surface area contributed by atoms with Crippen molar-refractivity contribution in [1.82, 2.24) is 5.32 Å². The second-order valence-electron chi connectivity index (χ2n) is 6.17. The summed E-state index contributed by atoms with van der Waals surface area (Å²) in [5.74, 6) is -0.201. The van der Waals surface area contributed by atoms with E-state index in [0.29, 0.717) is 17.3 Å². The van der Waals surface area contributed by atoms with Crippen LogP contribution in [-0.4, -0.2) is 11.7 Å². The van der Waals surface area contributed by atoms with E-state index in [1.54, 1.807) is 6.07 Å². The Morgan fingerprint density at radius 2 is 1.52 bits per heavy atom. The molecule has 0 unspecified atom stereocenters. The van der Waals surface area contributed by atoms with Crippen LogP contribution < -0.4 is 10.6 Å². The average Bonchev–Trinajstić information content (AvgIpc) is 2.69. The molecule has 0 radical (unpaired) electrons. The summed E-state index contributed by atoms with van der Waals surface area (Å²) in [4.78, 5) is 0. The van der Waals surface area contributed by atoms with Crippen molar-refractivity contribution >= 4 is 34.6 Å². The number of hydrogen-bond donors (Lipinski definition) is 2. The van der Waals surface area contributed by atoms with Crippen LogP contribution in [0.1, 0.15) is 23.5 Å². The lowest BCUT2D eigenvalue weighted by atomic mass is 9.88. The fourth-order valence-corrected chi connectivity index (χ4v) is 3.31. The fraction of sp³-hybridized carbons (Fsp3) is 0.136. The van der Waals surface area contributed by atoms with E-state index in [9.17, 15) is 4.39 Å². The summed E-state index contributed by atoms with van der Waals surface area (Å²) in [6, 6.07) is 25.4. The molecule has 5 heteroatoms. The van der Waals surface area contributed by atoms with Gasteiger partial charge in [-0.15, -0.1) is 0 Å². The third kappa shape index (κ3) is 5.52. The second kappa shape index (κ2) is 9.49. The zero-order valence-electron chi connectivity index (χ0n) is 14.7. The molecule has 27 heavy (non-hydrogen) atoms. The Bertz CT molecular complexity index is 848. The number of nitrogens with one attached hydrogen (secondary N) is 2. The van der Waals surface area contributed by atoms with Gasteiger partial charge in [-0.05, 0) is 48.0 Å². The molecule has 2 N–H and O–H groups in total. The summed E-state index contributed by atoms with van der Waals surface area (Å²) in [6.45, 7) is 0.691. The molecule has 0 saturated heterocycles. The van der Waals surface area contributed by atoms with E-state index in [4.69, 9.17) is 23.8 Å². The smallest absolute Gasteiger partial charge is 0.170 e. The van der Waals surface area contributed by atoms with E-state index in [1.165, 1.54) is 23.3 Å². The van der Waals surface area contributed by atoms with Gasteiger partial charge >= 0.3 is 0 Å². The van der Waals surface area contributed by atoms with Gasteiger partial charge in [0.25, 0.3) is 0 Å². The van der Waals surface area contributed by atoms with Crippen molar-refractivity contribution in [3.05, 3.63) is 101 Å². The zero-order valence-corrected chi connectivity index (χ0v) is 16.2. The Morgan fingerprint density at radius 1 is 0.926 bits per heavy atom. The number of anilines is 1. The van der Waals surface area contributed by atoms with Crippen molar-refractivity contribution in [3.8, 4) is 0 Å². The maximum Gasteiger partial charge on any atom is 0.170 e. The Morgan fingerprint density at radius 3 is 2.07 bits per heavy atom. The molecule has 138 valence electrons. The molecule has 0 aromatic heterocycles. The van der Waals surface area contributed by atoms with Crippen LogP contribution >= 0.6 is 23.8 Å². The summed E-state index contributed by atoms with van der Waals surface area (Å²) in [6.07, 6.45) is 0.880. The highest BCUT2D eigenvalue weighted by molar-refractivity contribution is 7.80. The van der Waals surface area contributed by atoms with Gasteiger partial charge in [0.1, 0.15) is 5.82 Å². The highest BCUT2D eigenvalue weighted by atomic mass is 35.5. The van der Waals surface area contributed by atoms with Gasteiger partial charge < -0.3 is 10.6 Å². The Hall–Kier alpha value is -2.43. The van der Waals surface area contributed by atoms with Gasteiger partial charge in [-0.3, -0.25) is 0 Å². The van der Waals surface area contributed by atoms with E-state index in [1.807, 2.05) is 12.1 Å².